The van der Waals surface area contributed by atoms with Gasteiger partial charge in [-0.05, 0) is 31.2 Å². The Morgan fingerprint density at radius 1 is 1.24 bits per heavy atom. The van der Waals surface area contributed by atoms with Crippen molar-refractivity contribution in [1.82, 2.24) is 10.0 Å². The fraction of sp³-hybridized carbons (Fsp3) is 0.500. The minimum Gasteiger partial charge on any atom is -0.315 e. The van der Waals surface area contributed by atoms with Crippen molar-refractivity contribution in [3.63, 3.8) is 0 Å². The zero-order valence-electron chi connectivity index (χ0n) is 11.6. The van der Waals surface area contributed by atoms with Crippen LogP contribution < -0.4 is 10.0 Å². The molecule has 0 saturated carbocycles. The molecule has 21 heavy (non-hydrogen) atoms. The summed E-state index contributed by atoms with van der Waals surface area (Å²) < 4.78 is 50.6. The van der Waals surface area contributed by atoms with Gasteiger partial charge in [0.1, 0.15) is 0 Å². The number of halogens is 1. The standard InChI is InChI=1S/C12H18N2O4S2.ClH/c1-2-19(15,16)11-4-3-5-12(8-11)20(17,18)14-10-6-7-13-9-10;/h3-5,8,10,13-14H,2,6-7,9H2,1H3;1H. The van der Waals surface area contributed by atoms with Crippen molar-refractivity contribution in [3.8, 4) is 0 Å². The molecule has 0 spiro atoms. The van der Waals surface area contributed by atoms with E-state index in [1.807, 2.05) is 0 Å². The number of hydrogen-bond donors (Lipinski definition) is 2. The third kappa shape index (κ3) is 4.40. The molecule has 1 fully saturated rings. The fourth-order valence-electron chi connectivity index (χ4n) is 2.04. The molecule has 0 radical (unpaired) electrons. The molecule has 120 valence electrons. The zero-order chi connectivity index (χ0) is 14.8. The Hall–Kier alpha value is -0.670. The summed E-state index contributed by atoms with van der Waals surface area (Å²) in [6.45, 7) is 2.89. The van der Waals surface area contributed by atoms with Gasteiger partial charge >= 0.3 is 0 Å². The van der Waals surface area contributed by atoms with Crippen LogP contribution in [0.5, 0.6) is 0 Å². The van der Waals surface area contributed by atoms with Gasteiger partial charge in [-0.3, -0.25) is 0 Å². The number of benzene rings is 1. The summed E-state index contributed by atoms with van der Waals surface area (Å²) in [5.74, 6) is -0.0591. The molecule has 0 aliphatic carbocycles. The van der Waals surface area contributed by atoms with E-state index in [4.69, 9.17) is 0 Å². The van der Waals surface area contributed by atoms with Crippen LogP contribution in [0.1, 0.15) is 13.3 Å². The van der Waals surface area contributed by atoms with Crippen LogP contribution in [0.3, 0.4) is 0 Å². The highest BCUT2D eigenvalue weighted by molar-refractivity contribution is 7.91. The molecule has 0 amide bonds. The third-order valence-electron chi connectivity index (χ3n) is 3.24. The molecule has 1 heterocycles. The van der Waals surface area contributed by atoms with Gasteiger partial charge in [0.2, 0.25) is 10.0 Å². The van der Waals surface area contributed by atoms with E-state index < -0.39 is 19.9 Å². The third-order valence-corrected chi connectivity index (χ3v) is 6.49. The first kappa shape index (κ1) is 18.4. The predicted octanol–water partition coefficient (Wildman–Crippen LogP) is 0.542. The number of rotatable bonds is 5. The molecule has 1 unspecified atom stereocenters. The summed E-state index contributed by atoms with van der Waals surface area (Å²) in [5, 5.41) is 3.07. The molecule has 0 aromatic heterocycles. The van der Waals surface area contributed by atoms with E-state index in [1.165, 1.54) is 31.2 Å². The lowest BCUT2D eigenvalue weighted by molar-refractivity contribution is 0.560. The Morgan fingerprint density at radius 3 is 2.48 bits per heavy atom. The molecule has 2 N–H and O–H groups in total. The molecule has 1 aliphatic heterocycles. The van der Waals surface area contributed by atoms with Crippen LogP contribution in [0.2, 0.25) is 0 Å². The van der Waals surface area contributed by atoms with E-state index in [-0.39, 0.29) is 34.0 Å². The molecule has 0 bridgehead atoms. The maximum absolute atomic E-state index is 12.2. The first-order valence-corrected chi connectivity index (χ1v) is 9.54. The SMILES string of the molecule is CCS(=O)(=O)c1cccc(S(=O)(=O)NC2CCNC2)c1.Cl. The Labute approximate surface area is 131 Å². The van der Waals surface area contributed by atoms with Crippen LogP contribution in [0.15, 0.2) is 34.1 Å². The normalized spacial score (nSPS) is 19.2. The fourth-order valence-corrected chi connectivity index (χ4v) is 4.36. The largest absolute Gasteiger partial charge is 0.315 e. The second-order valence-corrected chi connectivity index (χ2v) is 8.68. The maximum atomic E-state index is 12.2. The first-order valence-electron chi connectivity index (χ1n) is 6.41. The predicted molar refractivity (Wildman–Crippen MR) is 83.0 cm³/mol. The van der Waals surface area contributed by atoms with Crippen molar-refractivity contribution in [2.45, 2.75) is 29.2 Å². The van der Waals surface area contributed by atoms with Gasteiger partial charge in [-0.2, -0.15) is 0 Å². The molecule has 9 heteroatoms. The number of nitrogens with one attached hydrogen (secondary N) is 2. The zero-order valence-corrected chi connectivity index (χ0v) is 14.0. The van der Waals surface area contributed by atoms with E-state index in [0.29, 0.717) is 6.54 Å². The average Bonchev–Trinajstić information content (AvgIpc) is 2.91. The molecule has 2 rings (SSSR count). The molecule has 1 saturated heterocycles. The topological polar surface area (TPSA) is 92.3 Å². The summed E-state index contributed by atoms with van der Waals surface area (Å²) in [4.78, 5) is 0.0198. The first-order chi connectivity index (χ1) is 9.35. The Kier molecular flexibility index (Phi) is 6.18. The highest BCUT2D eigenvalue weighted by Crippen LogP contribution is 2.17. The maximum Gasteiger partial charge on any atom is 0.240 e. The smallest absolute Gasteiger partial charge is 0.240 e. The van der Waals surface area contributed by atoms with Crippen molar-refractivity contribution >= 4 is 32.3 Å². The van der Waals surface area contributed by atoms with Crippen LogP contribution in [0, 0.1) is 0 Å². The van der Waals surface area contributed by atoms with Gasteiger partial charge in [-0.15, -0.1) is 12.4 Å². The second kappa shape index (κ2) is 7.06. The van der Waals surface area contributed by atoms with Crippen LogP contribution >= 0.6 is 12.4 Å². The Morgan fingerprint density at radius 2 is 1.90 bits per heavy atom. The van der Waals surface area contributed by atoms with Crippen LogP contribution in [0.25, 0.3) is 0 Å². The molecule has 1 atom stereocenters. The molecule has 1 aromatic carbocycles. The molecule has 1 aromatic rings. The van der Waals surface area contributed by atoms with Gasteiger partial charge in [0, 0.05) is 12.6 Å². The minimum absolute atomic E-state index is 0. The van der Waals surface area contributed by atoms with Crippen molar-refractivity contribution in [2.24, 2.45) is 0 Å². The number of hydrogen-bond acceptors (Lipinski definition) is 5. The van der Waals surface area contributed by atoms with Crippen LogP contribution in [0.4, 0.5) is 0 Å². The highest BCUT2D eigenvalue weighted by atomic mass is 35.5. The summed E-state index contributed by atoms with van der Waals surface area (Å²) >= 11 is 0. The van der Waals surface area contributed by atoms with Gasteiger partial charge in [0.05, 0.1) is 15.5 Å². The van der Waals surface area contributed by atoms with Crippen LogP contribution in [-0.4, -0.2) is 41.7 Å². The van der Waals surface area contributed by atoms with Gasteiger partial charge in [-0.25, -0.2) is 21.6 Å². The van der Waals surface area contributed by atoms with E-state index in [2.05, 4.69) is 10.0 Å². The Balaban J connectivity index is 0.00000220. The van der Waals surface area contributed by atoms with Gasteiger partial charge in [0.15, 0.2) is 9.84 Å². The summed E-state index contributed by atoms with van der Waals surface area (Å²) in [7, 11) is -7.10. The van der Waals surface area contributed by atoms with Crippen LogP contribution in [-0.2, 0) is 19.9 Å². The van der Waals surface area contributed by atoms with Crippen molar-refractivity contribution in [2.75, 3.05) is 18.8 Å². The molecular weight excluding hydrogens is 336 g/mol. The van der Waals surface area contributed by atoms with E-state index in [1.54, 1.807) is 0 Å². The summed E-state index contributed by atoms with van der Waals surface area (Å²) in [6, 6.07) is 5.33. The summed E-state index contributed by atoms with van der Waals surface area (Å²) in [6.07, 6.45) is 0.728. The lowest BCUT2D eigenvalue weighted by Gasteiger charge is -2.12. The monoisotopic (exact) mass is 354 g/mol. The summed E-state index contributed by atoms with van der Waals surface area (Å²) in [5.41, 5.74) is 0. The van der Waals surface area contributed by atoms with Gasteiger partial charge in [-0.1, -0.05) is 13.0 Å². The van der Waals surface area contributed by atoms with Crippen molar-refractivity contribution < 1.29 is 16.8 Å². The average molecular weight is 355 g/mol. The Bertz CT molecular complexity index is 683. The molecule has 1 aliphatic rings. The van der Waals surface area contributed by atoms with Gasteiger partial charge in [0.25, 0.3) is 0 Å². The van der Waals surface area contributed by atoms with E-state index in [9.17, 15) is 16.8 Å². The second-order valence-electron chi connectivity index (χ2n) is 4.69. The molecule has 6 nitrogen and oxygen atoms in total. The van der Waals surface area contributed by atoms with Crippen molar-refractivity contribution in [3.05, 3.63) is 24.3 Å². The molecular formula is C12H19ClN2O4S2. The number of sulfone groups is 1. The van der Waals surface area contributed by atoms with Crippen molar-refractivity contribution in [1.29, 1.82) is 0 Å². The van der Waals surface area contributed by atoms with Gasteiger partial charge < -0.3 is 5.32 Å². The van der Waals surface area contributed by atoms with E-state index in [0.717, 1.165) is 13.0 Å². The lowest BCUT2D eigenvalue weighted by atomic mass is 10.3. The minimum atomic E-state index is -3.69. The van der Waals surface area contributed by atoms with E-state index >= 15 is 0 Å². The lowest BCUT2D eigenvalue weighted by Crippen LogP contribution is -2.36. The highest BCUT2D eigenvalue weighted by Gasteiger charge is 2.24. The quantitative estimate of drug-likeness (QED) is 0.805. The number of sulfonamides is 1.